The first-order valence-electron chi connectivity index (χ1n) is 7.58. The fourth-order valence-electron chi connectivity index (χ4n) is 2.62. The molecule has 2 aromatic carbocycles. The van der Waals surface area contributed by atoms with Gasteiger partial charge in [-0.1, -0.05) is 6.07 Å². The zero-order chi connectivity index (χ0) is 18.9. The average Bonchev–Trinajstić information content (AvgIpc) is 2.58. The smallest absolute Gasteiger partial charge is 0.338 e. The van der Waals surface area contributed by atoms with E-state index in [-0.39, 0.29) is 30.5 Å². The number of hydrogen-bond donors (Lipinski definition) is 1. The highest BCUT2D eigenvalue weighted by Crippen LogP contribution is 2.30. The van der Waals surface area contributed by atoms with Gasteiger partial charge in [-0.15, -0.1) is 0 Å². The fourth-order valence-corrected chi connectivity index (χ4v) is 3.43. The summed E-state index contributed by atoms with van der Waals surface area (Å²) in [5.74, 6) is -0.852. The molecule has 0 fully saturated rings. The van der Waals surface area contributed by atoms with Crippen LogP contribution in [0.3, 0.4) is 0 Å². The Hall–Kier alpha value is -2.49. The number of sulfonamides is 1. The molecule has 0 aromatic heterocycles. The molecule has 26 heavy (non-hydrogen) atoms. The lowest BCUT2D eigenvalue weighted by atomic mass is 10.1. The number of nitrogens with two attached hydrogens (primary N) is 1. The lowest BCUT2D eigenvalue weighted by molar-refractivity contribution is -0.0182. The maximum absolute atomic E-state index is 13.7. The predicted molar refractivity (Wildman–Crippen MR) is 88.4 cm³/mol. The summed E-state index contributed by atoms with van der Waals surface area (Å²) in [7, 11) is -3.97. The minimum absolute atomic E-state index is 0.0224. The number of primary sulfonamides is 1. The van der Waals surface area contributed by atoms with Crippen molar-refractivity contribution < 1.29 is 31.8 Å². The monoisotopic (exact) mass is 381 g/mol. The maximum atomic E-state index is 13.7. The summed E-state index contributed by atoms with van der Waals surface area (Å²) >= 11 is 0. The molecule has 0 atom stereocenters. The molecule has 0 bridgehead atoms. The van der Waals surface area contributed by atoms with Crippen LogP contribution in [0.25, 0.3) is 0 Å². The molecule has 138 valence electrons. The number of carbonyl (C=O) groups excluding carboxylic acids is 1. The van der Waals surface area contributed by atoms with Gasteiger partial charge >= 0.3 is 5.97 Å². The Balaban J connectivity index is 1.81. The number of halogens is 1. The van der Waals surface area contributed by atoms with Crippen molar-refractivity contribution in [2.75, 3.05) is 6.79 Å². The van der Waals surface area contributed by atoms with E-state index in [9.17, 15) is 17.6 Å². The largest absolute Gasteiger partial charge is 0.467 e. The van der Waals surface area contributed by atoms with E-state index in [2.05, 4.69) is 0 Å². The van der Waals surface area contributed by atoms with Gasteiger partial charge in [0, 0.05) is 11.1 Å². The van der Waals surface area contributed by atoms with Gasteiger partial charge in [0.25, 0.3) is 0 Å². The van der Waals surface area contributed by atoms with Gasteiger partial charge in [0.1, 0.15) is 18.2 Å². The number of rotatable bonds is 4. The standard InChI is InChI=1S/C17H16FNO6S/c1-10-2-3-11(6-15(10)26(19,21)22)17(20)24-8-13-5-14(18)4-12-7-23-9-25-16(12)13/h2-6H,7-9H2,1H3,(H2,19,21,22). The minimum atomic E-state index is -3.97. The van der Waals surface area contributed by atoms with Crippen LogP contribution in [0.15, 0.2) is 35.2 Å². The molecule has 0 saturated heterocycles. The van der Waals surface area contributed by atoms with Gasteiger partial charge in [-0.3, -0.25) is 0 Å². The van der Waals surface area contributed by atoms with Crippen molar-refractivity contribution in [3.63, 3.8) is 0 Å². The van der Waals surface area contributed by atoms with Gasteiger partial charge in [-0.2, -0.15) is 0 Å². The summed E-state index contributed by atoms with van der Waals surface area (Å²) in [5, 5.41) is 5.13. The second-order valence-electron chi connectivity index (χ2n) is 5.77. The molecule has 0 amide bonds. The van der Waals surface area contributed by atoms with Crippen LogP contribution >= 0.6 is 0 Å². The lowest BCUT2D eigenvalue weighted by Gasteiger charge is -2.20. The average molecular weight is 381 g/mol. The van der Waals surface area contributed by atoms with E-state index in [1.54, 1.807) is 6.92 Å². The fraction of sp³-hybridized carbons (Fsp3) is 0.235. The third kappa shape index (κ3) is 3.85. The van der Waals surface area contributed by atoms with Crippen molar-refractivity contribution in [3.8, 4) is 5.75 Å². The van der Waals surface area contributed by atoms with Crippen molar-refractivity contribution >= 4 is 16.0 Å². The molecule has 1 heterocycles. The summed E-state index contributed by atoms with van der Waals surface area (Å²) in [6, 6.07) is 6.54. The number of carbonyl (C=O) groups is 1. The SMILES string of the molecule is Cc1ccc(C(=O)OCc2cc(F)cc3c2OCOC3)cc1S(N)(=O)=O. The number of aryl methyl sites for hydroxylation is 1. The van der Waals surface area contributed by atoms with Crippen LogP contribution < -0.4 is 9.88 Å². The third-order valence-electron chi connectivity index (χ3n) is 3.84. The van der Waals surface area contributed by atoms with Crippen LogP contribution in [0.2, 0.25) is 0 Å². The second-order valence-corrected chi connectivity index (χ2v) is 7.30. The Morgan fingerprint density at radius 1 is 1.31 bits per heavy atom. The van der Waals surface area contributed by atoms with Gasteiger partial charge in [0.2, 0.25) is 10.0 Å². The Kier molecular flexibility index (Phi) is 4.94. The number of benzene rings is 2. The van der Waals surface area contributed by atoms with Crippen LogP contribution in [-0.4, -0.2) is 21.2 Å². The van der Waals surface area contributed by atoms with Gasteiger partial charge in [0.05, 0.1) is 17.1 Å². The summed E-state index contributed by atoms with van der Waals surface area (Å²) < 4.78 is 52.4. The van der Waals surface area contributed by atoms with E-state index in [0.29, 0.717) is 22.4 Å². The highest BCUT2D eigenvalue weighted by Gasteiger charge is 2.20. The first kappa shape index (κ1) is 18.3. The minimum Gasteiger partial charge on any atom is -0.467 e. The summed E-state index contributed by atoms with van der Waals surface area (Å²) in [4.78, 5) is 12.1. The summed E-state index contributed by atoms with van der Waals surface area (Å²) in [5.41, 5.74) is 1.32. The topological polar surface area (TPSA) is 105 Å². The number of fused-ring (bicyclic) bond motifs is 1. The predicted octanol–water partition coefficient (Wildman–Crippen LogP) is 2.01. The Bertz CT molecular complexity index is 973. The quantitative estimate of drug-likeness (QED) is 0.813. The molecule has 1 aliphatic rings. The van der Waals surface area contributed by atoms with E-state index in [1.807, 2.05) is 0 Å². The molecule has 9 heteroatoms. The van der Waals surface area contributed by atoms with E-state index in [4.69, 9.17) is 19.3 Å². The summed E-state index contributed by atoms with van der Waals surface area (Å²) in [6.45, 7) is 1.55. The number of esters is 1. The van der Waals surface area contributed by atoms with Crippen molar-refractivity contribution in [2.24, 2.45) is 5.14 Å². The zero-order valence-electron chi connectivity index (χ0n) is 13.8. The van der Waals surface area contributed by atoms with E-state index < -0.39 is 21.8 Å². The van der Waals surface area contributed by atoms with Crippen LogP contribution in [0, 0.1) is 12.7 Å². The molecule has 3 rings (SSSR count). The van der Waals surface area contributed by atoms with Crippen molar-refractivity contribution in [1.29, 1.82) is 0 Å². The highest BCUT2D eigenvalue weighted by atomic mass is 32.2. The zero-order valence-corrected chi connectivity index (χ0v) is 14.6. The molecule has 0 spiro atoms. The molecule has 2 aromatic rings. The Morgan fingerprint density at radius 2 is 2.08 bits per heavy atom. The van der Waals surface area contributed by atoms with E-state index in [0.717, 1.165) is 6.07 Å². The van der Waals surface area contributed by atoms with Gasteiger partial charge in [-0.25, -0.2) is 22.7 Å². The van der Waals surface area contributed by atoms with Crippen molar-refractivity contribution in [1.82, 2.24) is 0 Å². The van der Waals surface area contributed by atoms with Gasteiger partial charge in [0.15, 0.2) is 6.79 Å². The Labute approximate surface area is 149 Å². The van der Waals surface area contributed by atoms with Crippen LogP contribution in [0.5, 0.6) is 5.75 Å². The highest BCUT2D eigenvalue weighted by molar-refractivity contribution is 7.89. The van der Waals surface area contributed by atoms with E-state index in [1.165, 1.54) is 24.3 Å². The molecule has 0 saturated carbocycles. The molecule has 2 N–H and O–H groups in total. The first-order chi connectivity index (χ1) is 12.3. The molecule has 0 unspecified atom stereocenters. The molecular formula is C17H16FNO6S. The molecular weight excluding hydrogens is 365 g/mol. The van der Waals surface area contributed by atoms with E-state index >= 15 is 0 Å². The van der Waals surface area contributed by atoms with Crippen LogP contribution in [-0.2, 0) is 32.7 Å². The lowest BCUT2D eigenvalue weighted by Crippen LogP contribution is -2.16. The Morgan fingerprint density at radius 3 is 2.81 bits per heavy atom. The maximum Gasteiger partial charge on any atom is 0.338 e. The first-order valence-corrected chi connectivity index (χ1v) is 9.13. The molecule has 0 aliphatic carbocycles. The second kappa shape index (κ2) is 7.02. The van der Waals surface area contributed by atoms with Crippen molar-refractivity contribution in [3.05, 3.63) is 58.4 Å². The van der Waals surface area contributed by atoms with Crippen molar-refractivity contribution in [2.45, 2.75) is 25.0 Å². The van der Waals surface area contributed by atoms with Gasteiger partial charge in [-0.05, 0) is 36.8 Å². The molecule has 0 radical (unpaired) electrons. The number of hydrogen-bond acceptors (Lipinski definition) is 6. The normalized spacial score (nSPS) is 13.7. The third-order valence-corrected chi connectivity index (χ3v) is 4.89. The molecule has 1 aliphatic heterocycles. The van der Waals surface area contributed by atoms with Crippen LogP contribution in [0.4, 0.5) is 4.39 Å². The summed E-state index contributed by atoms with van der Waals surface area (Å²) in [6.07, 6.45) is 0. The number of ether oxygens (including phenoxy) is 3. The van der Waals surface area contributed by atoms with Crippen LogP contribution in [0.1, 0.15) is 27.0 Å². The van der Waals surface area contributed by atoms with Gasteiger partial charge < -0.3 is 14.2 Å². The molecule has 7 nitrogen and oxygen atoms in total.